The van der Waals surface area contributed by atoms with Crippen LogP contribution >= 0.6 is 33.9 Å². The van der Waals surface area contributed by atoms with Crippen molar-refractivity contribution in [2.24, 2.45) is 5.41 Å². The Hall–Kier alpha value is -0.730. The molecule has 0 saturated heterocycles. The molecule has 0 spiro atoms. The van der Waals surface area contributed by atoms with E-state index in [0.717, 1.165) is 3.57 Å². The molecule has 0 amide bonds. The second kappa shape index (κ2) is 6.58. The van der Waals surface area contributed by atoms with Gasteiger partial charge in [-0.1, -0.05) is 13.8 Å². The first-order chi connectivity index (χ1) is 9.89. The molecule has 0 aliphatic rings. The molecule has 1 atom stereocenters. The van der Waals surface area contributed by atoms with Crippen molar-refractivity contribution >= 4 is 33.9 Å². The van der Waals surface area contributed by atoms with Crippen LogP contribution in [0.3, 0.4) is 0 Å². The predicted octanol–water partition coefficient (Wildman–Crippen LogP) is 4.01. The Balaban J connectivity index is 2.23. The highest BCUT2D eigenvalue weighted by molar-refractivity contribution is 14.1. The summed E-state index contributed by atoms with van der Waals surface area (Å²) in [6.45, 7) is 2.69. The van der Waals surface area contributed by atoms with Crippen LogP contribution in [0.1, 0.15) is 18.7 Å². The molecule has 6 heteroatoms. The zero-order valence-electron chi connectivity index (χ0n) is 11.8. The number of rotatable bonds is 6. The van der Waals surface area contributed by atoms with Gasteiger partial charge in [0.15, 0.2) is 0 Å². The normalized spacial score (nSPS) is 14.7. The third-order valence-electron chi connectivity index (χ3n) is 3.55. The van der Waals surface area contributed by atoms with Gasteiger partial charge in [-0.15, -0.1) is 11.3 Å². The highest BCUT2D eigenvalue weighted by Crippen LogP contribution is 2.42. The van der Waals surface area contributed by atoms with Crippen molar-refractivity contribution in [3.63, 3.8) is 0 Å². The van der Waals surface area contributed by atoms with E-state index in [-0.39, 0.29) is 6.61 Å². The van der Waals surface area contributed by atoms with E-state index >= 15 is 0 Å². The van der Waals surface area contributed by atoms with Crippen LogP contribution in [0.4, 0.5) is 4.39 Å². The molecule has 1 heterocycles. The van der Waals surface area contributed by atoms with Crippen molar-refractivity contribution in [2.45, 2.75) is 19.4 Å². The van der Waals surface area contributed by atoms with Gasteiger partial charge in [-0.2, -0.15) is 0 Å². The molecule has 2 rings (SSSR count). The third-order valence-corrected chi connectivity index (χ3v) is 5.20. The van der Waals surface area contributed by atoms with Crippen molar-refractivity contribution in [1.82, 2.24) is 4.98 Å². The topological polar surface area (TPSA) is 42.4 Å². The number of benzene rings is 1. The molecule has 1 N–H and O–H groups in total. The molecule has 1 aromatic heterocycles. The number of aromatic nitrogens is 1. The molecule has 114 valence electrons. The zero-order chi connectivity index (χ0) is 15.5. The Labute approximate surface area is 141 Å². The molecule has 3 nitrogen and oxygen atoms in total. The molecule has 0 radical (unpaired) electrons. The van der Waals surface area contributed by atoms with E-state index in [9.17, 15) is 9.50 Å². The minimum atomic E-state index is -1.42. The number of alkyl halides is 1. The first-order valence-corrected chi connectivity index (χ1v) is 8.40. The molecule has 0 saturated carbocycles. The Morgan fingerprint density at radius 2 is 2.00 bits per heavy atom. The van der Waals surface area contributed by atoms with Crippen molar-refractivity contribution in [1.29, 1.82) is 0 Å². The molecule has 2 aromatic rings. The van der Waals surface area contributed by atoms with Crippen LogP contribution in [-0.2, 0) is 5.60 Å². The van der Waals surface area contributed by atoms with Crippen LogP contribution in [0.5, 0.6) is 5.75 Å². The molecular weight excluding hydrogens is 404 g/mol. The maximum Gasteiger partial charge on any atom is 0.142 e. The molecule has 0 bridgehead atoms. The quantitative estimate of drug-likeness (QED) is 0.717. The van der Waals surface area contributed by atoms with Crippen LogP contribution in [0.15, 0.2) is 36.0 Å². The smallest absolute Gasteiger partial charge is 0.142 e. The summed E-state index contributed by atoms with van der Waals surface area (Å²) >= 11 is 3.51. The number of nitrogens with zero attached hydrogens (tertiary/aromatic N) is 1. The summed E-state index contributed by atoms with van der Waals surface area (Å²) < 4.78 is 20.2. The molecule has 0 aliphatic carbocycles. The lowest BCUT2D eigenvalue weighted by atomic mass is 9.75. The lowest BCUT2D eigenvalue weighted by molar-refractivity contribution is -0.108. The number of hydrogen-bond donors (Lipinski definition) is 1. The molecule has 21 heavy (non-hydrogen) atoms. The molecule has 0 fully saturated rings. The standard InChI is InChI=1S/C15H17FINO2S/c1-14(2,8-16)15(19,13-7-18-10-21-13)9-20-12-5-3-11(17)4-6-12/h3-7,10,19H,8-9H2,1-2H3. The maximum atomic E-state index is 13.4. The summed E-state index contributed by atoms with van der Waals surface area (Å²) in [5.74, 6) is 0.646. The molecular formula is C15H17FINO2S. The summed E-state index contributed by atoms with van der Waals surface area (Å²) in [6, 6.07) is 7.50. The van der Waals surface area contributed by atoms with Crippen LogP contribution in [-0.4, -0.2) is 23.4 Å². The highest BCUT2D eigenvalue weighted by Gasteiger charge is 2.47. The van der Waals surface area contributed by atoms with Crippen LogP contribution in [0.2, 0.25) is 0 Å². The lowest BCUT2D eigenvalue weighted by Gasteiger charge is -2.39. The van der Waals surface area contributed by atoms with Crippen molar-refractivity contribution in [3.05, 3.63) is 44.4 Å². The largest absolute Gasteiger partial charge is 0.490 e. The molecule has 1 unspecified atom stereocenters. The Morgan fingerprint density at radius 1 is 1.33 bits per heavy atom. The molecule has 0 aliphatic heterocycles. The van der Waals surface area contributed by atoms with Crippen LogP contribution < -0.4 is 4.74 Å². The second-order valence-corrected chi connectivity index (χ2v) is 7.62. The van der Waals surface area contributed by atoms with Gasteiger partial charge in [0.25, 0.3) is 0 Å². The van der Waals surface area contributed by atoms with E-state index in [2.05, 4.69) is 27.6 Å². The first-order valence-electron chi connectivity index (χ1n) is 6.45. The maximum absolute atomic E-state index is 13.4. The van der Waals surface area contributed by atoms with Gasteiger partial charge in [-0.05, 0) is 46.9 Å². The van der Waals surface area contributed by atoms with Crippen molar-refractivity contribution in [2.75, 3.05) is 13.3 Å². The van der Waals surface area contributed by atoms with Gasteiger partial charge < -0.3 is 9.84 Å². The van der Waals surface area contributed by atoms with E-state index in [1.807, 2.05) is 24.3 Å². The van der Waals surface area contributed by atoms with Gasteiger partial charge in [-0.3, -0.25) is 9.37 Å². The first kappa shape index (κ1) is 16.6. The van der Waals surface area contributed by atoms with Gasteiger partial charge >= 0.3 is 0 Å². The fourth-order valence-corrected chi connectivity index (χ4v) is 3.10. The number of ether oxygens (including phenoxy) is 1. The van der Waals surface area contributed by atoms with Gasteiger partial charge in [0.05, 0.1) is 17.1 Å². The van der Waals surface area contributed by atoms with Gasteiger partial charge in [-0.25, -0.2) is 0 Å². The average Bonchev–Trinajstić information content (AvgIpc) is 3.00. The van der Waals surface area contributed by atoms with Crippen LogP contribution in [0.25, 0.3) is 0 Å². The summed E-state index contributed by atoms with van der Waals surface area (Å²) in [5.41, 5.74) is -0.770. The molecule has 1 aromatic carbocycles. The van der Waals surface area contributed by atoms with Gasteiger partial charge in [0.2, 0.25) is 0 Å². The monoisotopic (exact) mass is 421 g/mol. The summed E-state index contributed by atoms with van der Waals surface area (Å²) in [7, 11) is 0. The van der Waals surface area contributed by atoms with Crippen molar-refractivity contribution < 1.29 is 14.2 Å². The average molecular weight is 421 g/mol. The van der Waals surface area contributed by atoms with Gasteiger partial charge in [0, 0.05) is 15.2 Å². The second-order valence-electron chi connectivity index (χ2n) is 5.49. The zero-order valence-corrected chi connectivity index (χ0v) is 14.8. The number of hydrogen-bond acceptors (Lipinski definition) is 4. The Kier molecular flexibility index (Phi) is 5.21. The minimum Gasteiger partial charge on any atom is -0.490 e. The number of halogens is 2. The van der Waals surface area contributed by atoms with Crippen molar-refractivity contribution in [3.8, 4) is 5.75 Å². The van der Waals surface area contributed by atoms with E-state index in [1.54, 1.807) is 25.6 Å². The Morgan fingerprint density at radius 3 is 2.52 bits per heavy atom. The Bertz CT molecular complexity index is 574. The van der Waals surface area contributed by atoms with E-state index in [0.29, 0.717) is 10.6 Å². The fourth-order valence-electron chi connectivity index (χ4n) is 1.85. The number of thiazole rings is 1. The lowest BCUT2D eigenvalue weighted by Crippen LogP contribution is -2.47. The number of aliphatic hydroxyl groups is 1. The summed E-state index contributed by atoms with van der Waals surface area (Å²) in [6.07, 6.45) is 1.57. The predicted molar refractivity (Wildman–Crippen MR) is 90.4 cm³/mol. The highest BCUT2D eigenvalue weighted by atomic mass is 127. The fraction of sp³-hybridized carbons (Fsp3) is 0.400. The summed E-state index contributed by atoms with van der Waals surface area (Å²) in [4.78, 5) is 4.59. The SMILES string of the molecule is CC(C)(CF)C(O)(COc1ccc(I)cc1)c1cncs1. The van der Waals surface area contributed by atoms with E-state index in [4.69, 9.17) is 4.74 Å². The van der Waals surface area contributed by atoms with Gasteiger partial charge in [0.1, 0.15) is 18.0 Å². The summed E-state index contributed by atoms with van der Waals surface area (Å²) in [5, 5.41) is 11.0. The van der Waals surface area contributed by atoms with E-state index < -0.39 is 17.7 Å². The minimum absolute atomic E-state index is 0.0211. The van der Waals surface area contributed by atoms with E-state index in [1.165, 1.54) is 11.3 Å². The third kappa shape index (κ3) is 3.54. The van der Waals surface area contributed by atoms with Crippen LogP contribution in [0, 0.1) is 8.99 Å².